The van der Waals surface area contributed by atoms with Crippen LogP contribution in [0, 0.1) is 0 Å². The number of aromatic nitrogens is 5. The molecule has 6 heteroatoms. The lowest BCUT2D eigenvalue weighted by Gasteiger charge is -2.03. The van der Waals surface area contributed by atoms with Gasteiger partial charge in [-0.2, -0.15) is 5.10 Å². The van der Waals surface area contributed by atoms with Crippen molar-refractivity contribution in [2.75, 3.05) is 0 Å². The number of fused-ring (bicyclic) bond motifs is 1. The number of aryl methyl sites for hydroxylation is 1. The highest BCUT2D eigenvalue weighted by atomic mass is 16.1. The third kappa shape index (κ3) is 1.77. The Balaban J connectivity index is 2.08. The van der Waals surface area contributed by atoms with Crippen LogP contribution in [0.3, 0.4) is 0 Å². The van der Waals surface area contributed by atoms with Gasteiger partial charge in [-0.3, -0.25) is 19.0 Å². The molecule has 6 nitrogen and oxygen atoms in total. The Labute approximate surface area is 103 Å². The first-order valence-electron chi connectivity index (χ1n) is 5.53. The summed E-state index contributed by atoms with van der Waals surface area (Å²) in [6.07, 6.45) is 4.95. The quantitative estimate of drug-likeness (QED) is 0.658. The highest BCUT2D eigenvalue weighted by molar-refractivity contribution is 5.71. The summed E-state index contributed by atoms with van der Waals surface area (Å²) in [6.45, 7) is 0.402. The standard InChI is InChI=1S/C12H11N5O/c1-16-7-10-11(15-16)12(18)17(8-14-10)6-9-4-2-3-5-13-9/h2-5,7-8H,6H2,1H3. The van der Waals surface area contributed by atoms with Crippen molar-refractivity contribution in [1.29, 1.82) is 0 Å². The Morgan fingerprint density at radius 1 is 1.28 bits per heavy atom. The van der Waals surface area contributed by atoms with Crippen molar-refractivity contribution < 1.29 is 0 Å². The molecule has 0 saturated carbocycles. The van der Waals surface area contributed by atoms with E-state index in [1.165, 1.54) is 10.9 Å². The molecule has 90 valence electrons. The molecule has 3 rings (SSSR count). The zero-order valence-corrected chi connectivity index (χ0v) is 9.82. The third-order valence-corrected chi connectivity index (χ3v) is 2.67. The minimum atomic E-state index is -0.147. The third-order valence-electron chi connectivity index (χ3n) is 2.67. The van der Waals surface area contributed by atoms with Gasteiger partial charge in [0.2, 0.25) is 0 Å². The van der Waals surface area contributed by atoms with Crippen LogP contribution in [0.15, 0.2) is 41.7 Å². The molecule has 0 radical (unpaired) electrons. The molecule has 0 N–H and O–H groups in total. The Hall–Kier alpha value is -2.50. The fourth-order valence-corrected chi connectivity index (χ4v) is 1.82. The van der Waals surface area contributed by atoms with E-state index in [-0.39, 0.29) is 5.56 Å². The van der Waals surface area contributed by atoms with Gasteiger partial charge in [0.15, 0.2) is 5.52 Å². The highest BCUT2D eigenvalue weighted by Crippen LogP contribution is 2.03. The maximum absolute atomic E-state index is 12.2. The van der Waals surface area contributed by atoms with E-state index >= 15 is 0 Å². The van der Waals surface area contributed by atoms with E-state index in [0.717, 1.165) is 5.69 Å². The molecule has 0 atom stereocenters. The summed E-state index contributed by atoms with van der Waals surface area (Å²) in [5.74, 6) is 0. The first kappa shape index (κ1) is 10.6. The predicted octanol–water partition coefficient (Wildman–Crippen LogP) is 0.573. The van der Waals surface area contributed by atoms with E-state index in [1.54, 1.807) is 24.1 Å². The van der Waals surface area contributed by atoms with Crippen LogP contribution >= 0.6 is 0 Å². The van der Waals surface area contributed by atoms with Gasteiger partial charge in [-0.25, -0.2) is 4.98 Å². The van der Waals surface area contributed by atoms with Gasteiger partial charge >= 0.3 is 0 Å². The number of hydrogen-bond donors (Lipinski definition) is 0. The van der Waals surface area contributed by atoms with Crippen LogP contribution in [0.25, 0.3) is 11.0 Å². The summed E-state index contributed by atoms with van der Waals surface area (Å²) in [4.78, 5) is 20.6. The molecule has 0 aromatic carbocycles. The minimum absolute atomic E-state index is 0.147. The number of hydrogen-bond acceptors (Lipinski definition) is 4. The molecule has 0 aliphatic heterocycles. The summed E-state index contributed by atoms with van der Waals surface area (Å²) in [7, 11) is 1.77. The van der Waals surface area contributed by atoms with Gasteiger partial charge in [-0.05, 0) is 12.1 Å². The van der Waals surface area contributed by atoms with E-state index in [4.69, 9.17) is 0 Å². The van der Waals surface area contributed by atoms with Gasteiger partial charge in [-0.1, -0.05) is 6.07 Å². The zero-order chi connectivity index (χ0) is 12.5. The van der Waals surface area contributed by atoms with Crippen molar-refractivity contribution in [2.45, 2.75) is 6.54 Å². The SMILES string of the molecule is Cn1cc2ncn(Cc3ccccn3)c(=O)c2n1. The first-order valence-corrected chi connectivity index (χ1v) is 5.53. The summed E-state index contributed by atoms with van der Waals surface area (Å²) >= 11 is 0. The summed E-state index contributed by atoms with van der Waals surface area (Å²) in [5.41, 5.74) is 1.67. The van der Waals surface area contributed by atoms with Crippen molar-refractivity contribution in [3.8, 4) is 0 Å². The van der Waals surface area contributed by atoms with E-state index in [2.05, 4.69) is 15.1 Å². The van der Waals surface area contributed by atoms with E-state index in [1.807, 2.05) is 18.2 Å². The van der Waals surface area contributed by atoms with Crippen LogP contribution < -0.4 is 5.56 Å². The van der Waals surface area contributed by atoms with Gasteiger partial charge in [0.05, 0.1) is 24.8 Å². The Bertz CT molecular complexity index is 744. The molecule has 0 fully saturated rings. The van der Waals surface area contributed by atoms with Gasteiger partial charge < -0.3 is 0 Å². The lowest BCUT2D eigenvalue weighted by Crippen LogP contribution is -2.21. The largest absolute Gasteiger partial charge is 0.291 e. The molecule has 0 unspecified atom stereocenters. The topological polar surface area (TPSA) is 65.6 Å². The first-order chi connectivity index (χ1) is 8.74. The second-order valence-corrected chi connectivity index (χ2v) is 4.04. The van der Waals surface area contributed by atoms with Crippen molar-refractivity contribution in [1.82, 2.24) is 24.3 Å². The summed E-state index contributed by atoms with van der Waals surface area (Å²) in [6, 6.07) is 5.60. The second-order valence-electron chi connectivity index (χ2n) is 4.04. The van der Waals surface area contributed by atoms with Crippen LogP contribution in [0.1, 0.15) is 5.69 Å². The van der Waals surface area contributed by atoms with Crippen LogP contribution in [-0.4, -0.2) is 24.3 Å². The molecule has 18 heavy (non-hydrogen) atoms. The molecule has 0 spiro atoms. The molecular formula is C12H11N5O. The van der Waals surface area contributed by atoms with Crippen molar-refractivity contribution in [3.05, 3.63) is 53.0 Å². The molecule has 0 amide bonds. The predicted molar refractivity (Wildman–Crippen MR) is 66.1 cm³/mol. The summed E-state index contributed by atoms with van der Waals surface area (Å²) < 4.78 is 3.10. The lowest BCUT2D eigenvalue weighted by atomic mass is 10.3. The molecular weight excluding hydrogens is 230 g/mol. The van der Waals surface area contributed by atoms with Crippen LogP contribution in [0.2, 0.25) is 0 Å². The smallest absolute Gasteiger partial charge is 0.282 e. The maximum atomic E-state index is 12.2. The summed E-state index contributed by atoms with van der Waals surface area (Å²) in [5, 5.41) is 4.12. The minimum Gasteiger partial charge on any atom is -0.291 e. The molecule has 3 aromatic rings. The van der Waals surface area contributed by atoms with Crippen molar-refractivity contribution >= 4 is 11.0 Å². The zero-order valence-electron chi connectivity index (χ0n) is 9.82. The molecule has 0 bridgehead atoms. The van der Waals surface area contributed by atoms with Gasteiger partial charge in [-0.15, -0.1) is 0 Å². The maximum Gasteiger partial charge on any atom is 0.282 e. The number of nitrogens with zero attached hydrogens (tertiary/aromatic N) is 5. The second kappa shape index (κ2) is 4.06. The Morgan fingerprint density at radius 2 is 2.17 bits per heavy atom. The number of rotatable bonds is 2. The van der Waals surface area contributed by atoms with E-state index in [0.29, 0.717) is 17.6 Å². The molecule has 3 aromatic heterocycles. The molecule has 0 aliphatic rings. The van der Waals surface area contributed by atoms with E-state index in [9.17, 15) is 4.79 Å². The van der Waals surface area contributed by atoms with Crippen molar-refractivity contribution in [3.63, 3.8) is 0 Å². The van der Waals surface area contributed by atoms with Gasteiger partial charge in [0.25, 0.3) is 5.56 Å². The fourth-order valence-electron chi connectivity index (χ4n) is 1.82. The van der Waals surface area contributed by atoms with Gasteiger partial charge in [0.1, 0.15) is 5.52 Å². The monoisotopic (exact) mass is 241 g/mol. The van der Waals surface area contributed by atoms with Crippen molar-refractivity contribution in [2.24, 2.45) is 7.05 Å². The molecule has 0 aliphatic carbocycles. The highest BCUT2D eigenvalue weighted by Gasteiger charge is 2.08. The normalized spacial score (nSPS) is 10.9. The average Bonchev–Trinajstić information content (AvgIpc) is 2.76. The lowest BCUT2D eigenvalue weighted by molar-refractivity contribution is 0.724. The number of pyridine rings is 1. The fraction of sp³-hybridized carbons (Fsp3) is 0.167. The van der Waals surface area contributed by atoms with Crippen LogP contribution in [0.4, 0.5) is 0 Å². The van der Waals surface area contributed by atoms with Crippen LogP contribution in [0.5, 0.6) is 0 Å². The Kier molecular flexibility index (Phi) is 2.40. The molecule has 3 heterocycles. The average molecular weight is 241 g/mol. The Morgan fingerprint density at radius 3 is 2.94 bits per heavy atom. The van der Waals surface area contributed by atoms with Gasteiger partial charge in [0, 0.05) is 13.2 Å². The van der Waals surface area contributed by atoms with E-state index < -0.39 is 0 Å². The molecule has 0 saturated heterocycles. The van der Waals surface area contributed by atoms with Crippen LogP contribution in [-0.2, 0) is 13.6 Å².